The van der Waals surface area contributed by atoms with Crippen molar-refractivity contribution in [2.24, 2.45) is 0 Å². The van der Waals surface area contributed by atoms with Crippen LogP contribution in [-0.2, 0) is 12.7 Å². The summed E-state index contributed by atoms with van der Waals surface area (Å²) in [5.74, 6) is 0.733. The largest absolute Gasteiger partial charge is 1.00 e. The van der Waals surface area contributed by atoms with Gasteiger partial charge >= 0.3 is 35.7 Å². The van der Waals surface area contributed by atoms with E-state index in [0.29, 0.717) is 12.4 Å². The molecular formula is C21H19F3N7Na. The number of halogens is 3. The van der Waals surface area contributed by atoms with Gasteiger partial charge in [-0.05, 0) is 35.8 Å². The van der Waals surface area contributed by atoms with Gasteiger partial charge in [0.25, 0.3) is 0 Å². The van der Waals surface area contributed by atoms with Gasteiger partial charge in [-0.15, -0.1) is 10.2 Å². The van der Waals surface area contributed by atoms with E-state index in [9.17, 15) is 13.2 Å². The molecule has 11 heteroatoms. The molecule has 0 radical (unpaired) electrons. The molecule has 160 valence electrons. The number of aromatic amines is 1. The van der Waals surface area contributed by atoms with Crippen LogP contribution in [0.1, 0.15) is 24.1 Å². The van der Waals surface area contributed by atoms with E-state index >= 15 is 0 Å². The van der Waals surface area contributed by atoms with Gasteiger partial charge in [-0.2, -0.15) is 18.4 Å². The van der Waals surface area contributed by atoms with E-state index in [0.717, 1.165) is 22.3 Å². The quantitative estimate of drug-likeness (QED) is 0.451. The Morgan fingerprint density at radius 1 is 0.969 bits per heavy atom. The second-order valence-electron chi connectivity index (χ2n) is 6.92. The van der Waals surface area contributed by atoms with Gasteiger partial charge in [0.05, 0.1) is 0 Å². The van der Waals surface area contributed by atoms with E-state index in [1.807, 2.05) is 48.5 Å². The number of hydrogen-bond acceptors (Lipinski definition) is 6. The number of aryl methyl sites for hydroxylation is 1. The molecule has 0 unspecified atom stereocenters. The number of tetrazole rings is 1. The first-order valence-electron chi connectivity index (χ1n) is 9.41. The van der Waals surface area contributed by atoms with E-state index in [1.165, 1.54) is 13.8 Å². The Balaban J connectivity index is 0.00000193. The van der Waals surface area contributed by atoms with Gasteiger partial charge in [0.2, 0.25) is 5.82 Å². The molecule has 0 spiro atoms. The van der Waals surface area contributed by atoms with Gasteiger partial charge in [0.1, 0.15) is 11.6 Å². The summed E-state index contributed by atoms with van der Waals surface area (Å²) in [4.78, 5) is 7.66. The maximum absolute atomic E-state index is 13.2. The Bertz CT molecular complexity index is 1200. The standard InChI is InChI=1S/C21H18F3N7.Na.H/c1-12-18(21(22,23)24)26-13(2)27-19(12)25-11-14-7-9-15(10-8-14)16-5-3-4-6-17(16)20-28-30-31-29-20;;/h3-10H,11H2,1-2H3,(H,25,26,27)(H,28,29,30,31);;/q;+1;-1. The molecule has 0 aliphatic rings. The van der Waals surface area contributed by atoms with Crippen LogP contribution in [0.2, 0.25) is 0 Å². The van der Waals surface area contributed by atoms with Crippen molar-refractivity contribution in [2.45, 2.75) is 26.6 Å². The molecule has 2 heterocycles. The maximum Gasteiger partial charge on any atom is 1.00 e. The predicted molar refractivity (Wildman–Crippen MR) is 110 cm³/mol. The summed E-state index contributed by atoms with van der Waals surface area (Å²) in [6, 6.07) is 15.4. The van der Waals surface area contributed by atoms with Crippen LogP contribution in [0.15, 0.2) is 48.5 Å². The van der Waals surface area contributed by atoms with Crippen LogP contribution in [0.5, 0.6) is 0 Å². The number of H-pyrrole nitrogens is 1. The average molecular weight is 449 g/mol. The number of nitrogens with zero attached hydrogens (tertiary/aromatic N) is 5. The molecule has 0 aliphatic carbocycles. The summed E-state index contributed by atoms with van der Waals surface area (Å²) >= 11 is 0. The van der Waals surface area contributed by atoms with Crippen molar-refractivity contribution < 1.29 is 44.2 Å². The average Bonchev–Trinajstić information content (AvgIpc) is 3.28. The molecule has 0 atom stereocenters. The second-order valence-corrected chi connectivity index (χ2v) is 6.92. The zero-order valence-electron chi connectivity index (χ0n) is 18.7. The van der Waals surface area contributed by atoms with Gasteiger partial charge in [-0.1, -0.05) is 48.5 Å². The van der Waals surface area contributed by atoms with Crippen molar-refractivity contribution in [3.8, 4) is 22.5 Å². The Kier molecular flexibility index (Phi) is 7.27. The van der Waals surface area contributed by atoms with Crippen molar-refractivity contribution in [2.75, 3.05) is 5.32 Å². The number of benzene rings is 2. The molecule has 4 aromatic rings. The summed E-state index contributed by atoms with van der Waals surface area (Å²) in [5.41, 5.74) is 2.69. The fourth-order valence-corrected chi connectivity index (χ4v) is 3.27. The molecular weight excluding hydrogens is 430 g/mol. The van der Waals surface area contributed by atoms with Gasteiger partial charge in [-0.25, -0.2) is 9.97 Å². The fraction of sp³-hybridized carbons (Fsp3) is 0.190. The Morgan fingerprint density at radius 3 is 2.28 bits per heavy atom. The van der Waals surface area contributed by atoms with Gasteiger partial charge in [0.15, 0.2) is 5.69 Å². The van der Waals surface area contributed by atoms with Crippen molar-refractivity contribution >= 4 is 5.82 Å². The van der Waals surface area contributed by atoms with E-state index in [2.05, 4.69) is 35.9 Å². The van der Waals surface area contributed by atoms with E-state index in [-0.39, 0.29) is 48.2 Å². The monoisotopic (exact) mass is 449 g/mol. The number of hydrogen-bond donors (Lipinski definition) is 2. The second kappa shape index (κ2) is 9.76. The topological polar surface area (TPSA) is 92.3 Å². The van der Waals surface area contributed by atoms with Crippen molar-refractivity contribution in [3.05, 3.63) is 71.2 Å². The first-order chi connectivity index (χ1) is 14.8. The zero-order chi connectivity index (χ0) is 22.0. The van der Waals surface area contributed by atoms with Crippen LogP contribution in [0.3, 0.4) is 0 Å². The smallest absolute Gasteiger partial charge is 1.00 e. The number of anilines is 1. The molecule has 0 amide bonds. The molecule has 4 rings (SSSR count). The number of aromatic nitrogens is 6. The minimum atomic E-state index is -4.53. The normalized spacial score (nSPS) is 11.2. The molecule has 32 heavy (non-hydrogen) atoms. The molecule has 0 fully saturated rings. The minimum Gasteiger partial charge on any atom is -1.00 e. The maximum atomic E-state index is 13.2. The van der Waals surface area contributed by atoms with Gasteiger partial charge < -0.3 is 6.74 Å². The first kappa shape index (κ1) is 23.8. The number of nitrogens with one attached hydrogen (secondary N) is 2. The van der Waals surface area contributed by atoms with Crippen LogP contribution in [0, 0.1) is 13.8 Å². The van der Waals surface area contributed by atoms with E-state index in [1.54, 1.807) is 0 Å². The molecule has 0 saturated heterocycles. The molecule has 0 saturated carbocycles. The van der Waals surface area contributed by atoms with Crippen LogP contribution in [0.25, 0.3) is 22.5 Å². The molecule has 0 aliphatic heterocycles. The van der Waals surface area contributed by atoms with E-state index < -0.39 is 11.9 Å². The zero-order valence-corrected chi connectivity index (χ0v) is 19.7. The number of rotatable bonds is 5. The van der Waals surface area contributed by atoms with Crippen molar-refractivity contribution in [3.63, 3.8) is 0 Å². The Morgan fingerprint density at radius 2 is 1.66 bits per heavy atom. The third kappa shape index (κ3) is 5.14. The number of alkyl halides is 3. The SMILES string of the molecule is Cc1nc(NCc2ccc(-c3ccccc3-c3nn[nH]n3)cc2)c(C)c(C(F)(F)F)n1.[H-].[Na+]. The predicted octanol–water partition coefficient (Wildman–Crippen LogP) is 1.69. The summed E-state index contributed by atoms with van der Waals surface area (Å²) in [6.07, 6.45) is -4.53. The van der Waals surface area contributed by atoms with Gasteiger partial charge in [0, 0.05) is 17.7 Å². The molecule has 7 nitrogen and oxygen atoms in total. The Hall–Kier alpha value is -2.82. The fourth-order valence-electron chi connectivity index (χ4n) is 3.27. The molecule has 2 aromatic heterocycles. The third-order valence-corrected chi connectivity index (χ3v) is 4.76. The molecule has 2 aromatic carbocycles. The first-order valence-corrected chi connectivity index (χ1v) is 9.41. The van der Waals surface area contributed by atoms with Crippen LogP contribution in [-0.4, -0.2) is 30.6 Å². The summed E-state index contributed by atoms with van der Waals surface area (Å²) in [5, 5.41) is 17.1. The minimum absolute atomic E-state index is 0. The van der Waals surface area contributed by atoms with Crippen molar-refractivity contribution in [1.29, 1.82) is 0 Å². The van der Waals surface area contributed by atoms with Gasteiger partial charge in [-0.3, -0.25) is 0 Å². The van der Waals surface area contributed by atoms with Crippen LogP contribution >= 0.6 is 0 Å². The molecule has 2 N–H and O–H groups in total. The summed E-state index contributed by atoms with van der Waals surface area (Å²) in [6.45, 7) is 3.12. The summed E-state index contributed by atoms with van der Waals surface area (Å²) in [7, 11) is 0. The van der Waals surface area contributed by atoms with Crippen LogP contribution in [0.4, 0.5) is 19.0 Å². The summed E-state index contributed by atoms with van der Waals surface area (Å²) < 4.78 is 39.5. The van der Waals surface area contributed by atoms with E-state index in [4.69, 9.17) is 0 Å². The molecule has 0 bridgehead atoms. The third-order valence-electron chi connectivity index (χ3n) is 4.76. The Labute approximate surface area is 205 Å². The van der Waals surface area contributed by atoms with Crippen molar-refractivity contribution in [1.82, 2.24) is 30.6 Å². The van der Waals surface area contributed by atoms with Crippen LogP contribution < -0.4 is 34.9 Å².